The van der Waals surface area contributed by atoms with Gasteiger partial charge in [0.25, 0.3) is 0 Å². The highest BCUT2D eigenvalue weighted by Crippen LogP contribution is 2.29. The Balaban J connectivity index is 1.73. The van der Waals surface area contributed by atoms with Crippen LogP contribution in [0.2, 0.25) is 0 Å². The Hall–Kier alpha value is -1.59. The summed E-state index contributed by atoms with van der Waals surface area (Å²) in [5, 5.41) is 2.31. The lowest BCUT2D eigenvalue weighted by Crippen LogP contribution is -2.52. The molecule has 2 aliphatic heterocycles. The van der Waals surface area contributed by atoms with Gasteiger partial charge < -0.3 is 9.64 Å². The number of hydrogen-bond acceptors (Lipinski definition) is 4. The molecule has 0 radical (unpaired) electrons. The molecule has 2 saturated heterocycles. The highest BCUT2D eigenvalue weighted by atomic mass is 16.6. The number of carbonyl (C=O) groups excluding carboxylic acids is 3. The van der Waals surface area contributed by atoms with Crippen LogP contribution < -0.4 is 5.32 Å². The Labute approximate surface area is 118 Å². The van der Waals surface area contributed by atoms with Crippen molar-refractivity contribution in [1.29, 1.82) is 0 Å². The third kappa shape index (κ3) is 3.95. The van der Waals surface area contributed by atoms with Crippen LogP contribution in [0.3, 0.4) is 0 Å². The zero-order valence-corrected chi connectivity index (χ0v) is 12.3. The van der Waals surface area contributed by atoms with Gasteiger partial charge in [0.05, 0.1) is 0 Å². The van der Waals surface area contributed by atoms with E-state index in [0.29, 0.717) is 31.8 Å². The first-order valence-corrected chi connectivity index (χ1v) is 7.03. The van der Waals surface area contributed by atoms with Crippen molar-refractivity contribution in [3.8, 4) is 0 Å². The fraction of sp³-hybridized carbons (Fsp3) is 0.786. The minimum Gasteiger partial charge on any atom is -0.444 e. The summed E-state index contributed by atoms with van der Waals surface area (Å²) in [4.78, 5) is 36.0. The number of hydrogen-bond donors (Lipinski definition) is 1. The van der Waals surface area contributed by atoms with Crippen molar-refractivity contribution in [3.63, 3.8) is 0 Å². The molecule has 0 aliphatic carbocycles. The van der Waals surface area contributed by atoms with Crippen LogP contribution in [0.5, 0.6) is 0 Å². The van der Waals surface area contributed by atoms with E-state index < -0.39 is 5.60 Å². The predicted molar refractivity (Wildman–Crippen MR) is 71.8 cm³/mol. The zero-order valence-electron chi connectivity index (χ0n) is 12.3. The summed E-state index contributed by atoms with van der Waals surface area (Å²) in [5.74, 6) is 0.109. The molecule has 6 nitrogen and oxygen atoms in total. The lowest BCUT2D eigenvalue weighted by Gasteiger charge is -2.41. The van der Waals surface area contributed by atoms with Gasteiger partial charge in [0.1, 0.15) is 5.60 Å². The van der Waals surface area contributed by atoms with E-state index in [2.05, 4.69) is 5.32 Å². The Morgan fingerprint density at radius 1 is 1.20 bits per heavy atom. The number of nitrogens with zero attached hydrogens (tertiary/aromatic N) is 1. The first kappa shape index (κ1) is 14.8. The number of amides is 3. The number of carbonyl (C=O) groups is 3. The van der Waals surface area contributed by atoms with Gasteiger partial charge in [-0.2, -0.15) is 0 Å². The molecule has 2 aliphatic rings. The normalized spacial score (nSPS) is 21.4. The second-order valence-corrected chi connectivity index (χ2v) is 6.73. The number of rotatable bonds is 2. The standard InChI is InChI=1S/C14H22N2O4/c1-14(2,3)20-13(19)16-7-10(8-16)4-9-5-11(17)15-12(18)6-9/h9-10H,4-8H2,1-3H3,(H,15,17,18). The average Bonchev–Trinajstić information content (AvgIpc) is 2.18. The van der Waals surface area contributed by atoms with Crippen LogP contribution in [-0.4, -0.2) is 41.5 Å². The van der Waals surface area contributed by atoms with Gasteiger partial charge >= 0.3 is 6.09 Å². The van der Waals surface area contributed by atoms with E-state index in [0.717, 1.165) is 6.42 Å². The first-order chi connectivity index (χ1) is 9.23. The van der Waals surface area contributed by atoms with Gasteiger partial charge in [-0.25, -0.2) is 4.79 Å². The van der Waals surface area contributed by atoms with Crippen LogP contribution in [-0.2, 0) is 14.3 Å². The molecular weight excluding hydrogens is 260 g/mol. The van der Waals surface area contributed by atoms with Crippen molar-refractivity contribution in [2.45, 2.75) is 45.6 Å². The van der Waals surface area contributed by atoms with Gasteiger partial charge in [0.2, 0.25) is 11.8 Å². The number of ether oxygens (including phenoxy) is 1. The van der Waals surface area contributed by atoms with Crippen molar-refractivity contribution < 1.29 is 19.1 Å². The Bertz CT molecular complexity index is 405. The molecule has 0 aromatic carbocycles. The largest absolute Gasteiger partial charge is 0.444 e. The maximum absolute atomic E-state index is 11.8. The SMILES string of the molecule is CC(C)(C)OC(=O)N1CC(CC2CC(=O)NC(=O)C2)C1. The zero-order chi connectivity index (χ0) is 14.9. The van der Waals surface area contributed by atoms with E-state index >= 15 is 0 Å². The van der Waals surface area contributed by atoms with Crippen molar-refractivity contribution in [1.82, 2.24) is 10.2 Å². The summed E-state index contributed by atoms with van der Waals surface area (Å²) in [5.41, 5.74) is -0.476. The molecule has 20 heavy (non-hydrogen) atoms. The maximum atomic E-state index is 11.8. The van der Waals surface area contributed by atoms with Crippen molar-refractivity contribution in [2.24, 2.45) is 11.8 Å². The third-order valence-corrected chi connectivity index (χ3v) is 3.50. The summed E-state index contributed by atoms with van der Waals surface area (Å²) in [6, 6.07) is 0. The van der Waals surface area contributed by atoms with Gasteiger partial charge in [-0.05, 0) is 39.0 Å². The molecule has 0 saturated carbocycles. The van der Waals surface area contributed by atoms with E-state index in [9.17, 15) is 14.4 Å². The predicted octanol–water partition coefficient (Wildman–Crippen LogP) is 1.30. The highest BCUT2D eigenvalue weighted by molar-refractivity contribution is 5.97. The molecule has 0 spiro atoms. The monoisotopic (exact) mass is 282 g/mol. The maximum Gasteiger partial charge on any atom is 0.410 e. The molecule has 1 N–H and O–H groups in total. The number of piperidine rings is 1. The van der Waals surface area contributed by atoms with Crippen LogP contribution in [0.25, 0.3) is 0 Å². The van der Waals surface area contributed by atoms with Crippen LogP contribution in [0.15, 0.2) is 0 Å². The van der Waals surface area contributed by atoms with E-state index in [1.165, 1.54) is 0 Å². The van der Waals surface area contributed by atoms with E-state index in [-0.39, 0.29) is 23.8 Å². The minimum absolute atomic E-state index is 0.113. The molecule has 0 bridgehead atoms. The van der Waals surface area contributed by atoms with Gasteiger partial charge in [0, 0.05) is 25.9 Å². The number of likely N-dealkylation sites (tertiary alicyclic amines) is 1. The molecule has 2 fully saturated rings. The van der Waals surface area contributed by atoms with E-state index in [1.54, 1.807) is 4.90 Å². The summed E-state index contributed by atoms with van der Waals surface area (Å²) < 4.78 is 5.28. The van der Waals surface area contributed by atoms with Gasteiger partial charge in [-0.3, -0.25) is 14.9 Å². The van der Waals surface area contributed by atoms with Gasteiger partial charge in [-0.15, -0.1) is 0 Å². The summed E-state index contributed by atoms with van der Waals surface area (Å²) in [6.07, 6.45) is 1.35. The van der Waals surface area contributed by atoms with Crippen molar-refractivity contribution >= 4 is 17.9 Å². The van der Waals surface area contributed by atoms with E-state index in [4.69, 9.17) is 4.74 Å². The molecule has 3 amide bonds. The molecule has 6 heteroatoms. The number of nitrogens with one attached hydrogen (secondary N) is 1. The smallest absolute Gasteiger partial charge is 0.410 e. The van der Waals surface area contributed by atoms with Crippen molar-refractivity contribution in [2.75, 3.05) is 13.1 Å². The third-order valence-electron chi connectivity index (χ3n) is 3.50. The molecule has 112 valence electrons. The Morgan fingerprint density at radius 3 is 2.25 bits per heavy atom. The Morgan fingerprint density at radius 2 is 1.75 bits per heavy atom. The second-order valence-electron chi connectivity index (χ2n) is 6.73. The molecule has 2 heterocycles. The molecule has 2 rings (SSSR count). The fourth-order valence-electron chi connectivity index (χ4n) is 2.69. The topological polar surface area (TPSA) is 75.7 Å². The van der Waals surface area contributed by atoms with Gasteiger partial charge in [0.15, 0.2) is 0 Å². The quantitative estimate of drug-likeness (QED) is 0.774. The minimum atomic E-state index is -0.476. The lowest BCUT2D eigenvalue weighted by molar-refractivity contribution is -0.135. The van der Waals surface area contributed by atoms with Crippen LogP contribution in [0.1, 0.15) is 40.0 Å². The summed E-state index contributed by atoms with van der Waals surface area (Å²) in [7, 11) is 0. The lowest BCUT2D eigenvalue weighted by atomic mass is 9.84. The Kier molecular flexibility index (Phi) is 4.01. The fourth-order valence-corrected chi connectivity index (χ4v) is 2.69. The van der Waals surface area contributed by atoms with E-state index in [1.807, 2.05) is 20.8 Å². The van der Waals surface area contributed by atoms with Crippen LogP contribution in [0, 0.1) is 11.8 Å². The molecule has 0 aromatic rings. The average molecular weight is 282 g/mol. The second kappa shape index (κ2) is 5.42. The summed E-state index contributed by atoms with van der Waals surface area (Å²) >= 11 is 0. The number of imide groups is 1. The summed E-state index contributed by atoms with van der Waals surface area (Å²) in [6.45, 7) is 6.83. The first-order valence-electron chi connectivity index (χ1n) is 7.03. The molecule has 0 unspecified atom stereocenters. The highest BCUT2D eigenvalue weighted by Gasteiger charge is 2.36. The van der Waals surface area contributed by atoms with Crippen molar-refractivity contribution in [3.05, 3.63) is 0 Å². The van der Waals surface area contributed by atoms with Crippen LogP contribution >= 0.6 is 0 Å². The molecular formula is C14H22N2O4. The van der Waals surface area contributed by atoms with Crippen LogP contribution in [0.4, 0.5) is 4.79 Å². The molecule has 0 atom stereocenters. The van der Waals surface area contributed by atoms with Gasteiger partial charge in [-0.1, -0.05) is 0 Å². The molecule has 0 aromatic heterocycles.